The van der Waals surface area contributed by atoms with E-state index in [2.05, 4.69) is 0 Å². The average Bonchev–Trinajstić information content (AvgIpc) is 2.16. The molecule has 0 heterocycles. The maximum atomic E-state index is 10.5. The molecule has 74 valence electrons. The molecule has 0 fully saturated rings. The van der Waals surface area contributed by atoms with Gasteiger partial charge in [0.15, 0.2) is 0 Å². The number of carboxylic acid groups (broad SMARTS) is 1. The van der Waals surface area contributed by atoms with E-state index in [9.17, 15) is 20.0 Å². The molecule has 5 nitrogen and oxygen atoms in total. The third-order valence-electron chi connectivity index (χ3n) is 1.90. The van der Waals surface area contributed by atoms with Gasteiger partial charge in [0, 0.05) is 17.2 Å². The molecule has 0 aliphatic heterocycles. The Hall–Kier alpha value is -1.91. The molecular formula is C9H8NO4-. The quantitative estimate of drug-likeness (QED) is 0.518. The first-order valence-electron chi connectivity index (χ1n) is 4.05. The highest BCUT2D eigenvalue weighted by molar-refractivity contribution is 5.86. The lowest BCUT2D eigenvalue weighted by atomic mass is 10.1. The third kappa shape index (κ3) is 1.87. The van der Waals surface area contributed by atoms with Gasteiger partial charge >= 0.3 is 0 Å². The summed E-state index contributed by atoms with van der Waals surface area (Å²) < 4.78 is 0. The topological polar surface area (TPSA) is 83.3 Å². The zero-order valence-electron chi connectivity index (χ0n) is 7.52. The highest BCUT2D eigenvalue weighted by atomic mass is 16.6. The number of benzene rings is 1. The van der Waals surface area contributed by atoms with Crippen LogP contribution in [0.5, 0.6) is 0 Å². The van der Waals surface area contributed by atoms with Gasteiger partial charge in [-0.15, -0.1) is 0 Å². The molecule has 1 aromatic rings. The number of hydrogen-bond donors (Lipinski definition) is 0. The Morgan fingerprint density at radius 1 is 1.50 bits per heavy atom. The molecule has 0 atom stereocenters. The molecular weight excluding hydrogens is 186 g/mol. The standard InChI is InChI=1S/C9H9NO4/c1-2-6-3-4-7(9(11)12)5-8(6)10(13)14/h3-5H,2H2,1H3,(H,11,12)/p-1. The van der Waals surface area contributed by atoms with Gasteiger partial charge in [-0.3, -0.25) is 10.1 Å². The zero-order chi connectivity index (χ0) is 10.7. The van der Waals surface area contributed by atoms with E-state index < -0.39 is 10.9 Å². The average molecular weight is 194 g/mol. The van der Waals surface area contributed by atoms with Crippen molar-refractivity contribution in [2.75, 3.05) is 0 Å². The molecule has 0 aliphatic carbocycles. The van der Waals surface area contributed by atoms with Crippen LogP contribution in [-0.4, -0.2) is 10.9 Å². The van der Waals surface area contributed by atoms with Crippen LogP contribution < -0.4 is 5.11 Å². The Morgan fingerprint density at radius 3 is 2.57 bits per heavy atom. The lowest BCUT2D eigenvalue weighted by molar-refractivity contribution is -0.385. The molecule has 0 aliphatic rings. The fourth-order valence-electron chi connectivity index (χ4n) is 1.16. The number of carbonyl (C=O) groups is 1. The Labute approximate surface area is 80.1 Å². The smallest absolute Gasteiger partial charge is 0.273 e. The van der Waals surface area contributed by atoms with Crippen LogP contribution in [0.15, 0.2) is 18.2 Å². The van der Waals surface area contributed by atoms with Gasteiger partial charge < -0.3 is 9.90 Å². The van der Waals surface area contributed by atoms with Gasteiger partial charge in [0.05, 0.1) is 10.9 Å². The fourth-order valence-corrected chi connectivity index (χ4v) is 1.16. The molecule has 0 N–H and O–H groups in total. The van der Waals surface area contributed by atoms with E-state index in [0.29, 0.717) is 12.0 Å². The van der Waals surface area contributed by atoms with Crippen LogP contribution in [0, 0.1) is 10.1 Å². The number of hydrogen-bond acceptors (Lipinski definition) is 4. The van der Waals surface area contributed by atoms with Crippen molar-refractivity contribution >= 4 is 11.7 Å². The van der Waals surface area contributed by atoms with Crippen molar-refractivity contribution in [3.8, 4) is 0 Å². The van der Waals surface area contributed by atoms with Gasteiger partial charge in [-0.2, -0.15) is 0 Å². The van der Waals surface area contributed by atoms with Crippen molar-refractivity contribution < 1.29 is 14.8 Å². The summed E-state index contributed by atoms with van der Waals surface area (Å²) in [5.41, 5.74) is 0.170. The van der Waals surface area contributed by atoms with Crippen molar-refractivity contribution in [2.24, 2.45) is 0 Å². The Morgan fingerprint density at radius 2 is 2.14 bits per heavy atom. The first-order chi connectivity index (χ1) is 6.56. The summed E-state index contributed by atoms with van der Waals surface area (Å²) in [4.78, 5) is 20.4. The minimum atomic E-state index is -1.41. The van der Waals surface area contributed by atoms with E-state index in [1.54, 1.807) is 6.92 Å². The van der Waals surface area contributed by atoms with Gasteiger partial charge in [0.25, 0.3) is 5.69 Å². The van der Waals surface area contributed by atoms with Crippen molar-refractivity contribution in [1.29, 1.82) is 0 Å². The van der Waals surface area contributed by atoms with Gasteiger partial charge in [0.2, 0.25) is 0 Å². The van der Waals surface area contributed by atoms with E-state index in [1.165, 1.54) is 12.1 Å². The third-order valence-corrected chi connectivity index (χ3v) is 1.90. The number of nitrogens with zero attached hydrogens (tertiary/aromatic N) is 1. The van der Waals surface area contributed by atoms with Crippen LogP contribution in [0.25, 0.3) is 0 Å². The second kappa shape index (κ2) is 3.87. The van der Waals surface area contributed by atoms with Crippen molar-refractivity contribution in [2.45, 2.75) is 13.3 Å². The molecule has 0 amide bonds. The number of carboxylic acids is 1. The van der Waals surface area contributed by atoms with Crippen LogP contribution in [-0.2, 0) is 6.42 Å². The van der Waals surface area contributed by atoms with Gasteiger partial charge in [-0.25, -0.2) is 0 Å². The molecule has 1 aromatic carbocycles. The molecule has 0 saturated heterocycles. The van der Waals surface area contributed by atoms with Crippen LogP contribution >= 0.6 is 0 Å². The maximum absolute atomic E-state index is 10.5. The highest BCUT2D eigenvalue weighted by Gasteiger charge is 2.12. The molecule has 0 spiro atoms. The van der Waals surface area contributed by atoms with Crippen LogP contribution in [0.4, 0.5) is 5.69 Å². The van der Waals surface area contributed by atoms with E-state index in [0.717, 1.165) is 6.07 Å². The molecule has 0 aromatic heterocycles. The monoisotopic (exact) mass is 194 g/mol. The molecule has 0 radical (unpaired) electrons. The van der Waals surface area contributed by atoms with Gasteiger partial charge in [-0.05, 0) is 6.42 Å². The normalized spacial score (nSPS) is 9.79. The predicted octanol–water partition coefficient (Wildman–Crippen LogP) is 0.521. The molecule has 0 saturated carbocycles. The van der Waals surface area contributed by atoms with Gasteiger partial charge in [-0.1, -0.05) is 19.1 Å². The predicted molar refractivity (Wildman–Crippen MR) is 46.8 cm³/mol. The Kier molecular flexibility index (Phi) is 2.81. The van der Waals surface area contributed by atoms with E-state index in [-0.39, 0.29) is 11.3 Å². The fraction of sp³-hybridized carbons (Fsp3) is 0.222. The summed E-state index contributed by atoms with van der Waals surface area (Å²) in [6.07, 6.45) is 0.490. The van der Waals surface area contributed by atoms with E-state index in [4.69, 9.17) is 0 Å². The first-order valence-corrected chi connectivity index (χ1v) is 4.05. The SMILES string of the molecule is CCc1ccc(C(=O)[O-])cc1[N+](=O)[O-]. The minimum Gasteiger partial charge on any atom is -0.545 e. The number of nitro groups is 1. The maximum Gasteiger partial charge on any atom is 0.273 e. The summed E-state index contributed by atoms with van der Waals surface area (Å²) >= 11 is 0. The van der Waals surface area contributed by atoms with Gasteiger partial charge in [0.1, 0.15) is 0 Å². The number of rotatable bonds is 3. The molecule has 1 rings (SSSR count). The highest BCUT2D eigenvalue weighted by Crippen LogP contribution is 2.20. The lowest BCUT2D eigenvalue weighted by Crippen LogP contribution is -2.22. The summed E-state index contributed by atoms with van der Waals surface area (Å²) in [6, 6.07) is 3.76. The second-order valence-electron chi connectivity index (χ2n) is 2.74. The second-order valence-corrected chi connectivity index (χ2v) is 2.74. The van der Waals surface area contributed by atoms with E-state index in [1.807, 2.05) is 0 Å². The number of carbonyl (C=O) groups excluding carboxylic acids is 1. The summed E-state index contributed by atoms with van der Waals surface area (Å²) in [6.45, 7) is 1.76. The van der Waals surface area contributed by atoms with Crippen LogP contribution in [0.1, 0.15) is 22.8 Å². The van der Waals surface area contributed by atoms with Crippen LogP contribution in [0.3, 0.4) is 0 Å². The largest absolute Gasteiger partial charge is 0.545 e. The zero-order valence-corrected chi connectivity index (χ0v) is 7.52. The van der Waals surface area contributed by atoms with Crippen molar-refractivity contribution in [1.82, 2.24) is 0 Å². The first kappa shape index (κ1) is 10.2. The molecule has 14 heavy (non-hydrogen) atoms. The van der Waals surface area contributed by atoms with E-state index >= 15 is 0 Å². The van der Waals surface area contributed by atoms with Crippen molar-refractivity contribution in [3.63, 3.8) is 0 Å². The Bertz CT molecular complexity index is 386. The minimum absolute atomic E-state index is 0.172. The Balaban J connectivity index is 3.27. The van der Waals surface area contributed by atoms with Crippen molar-refractivity contribution in [3.05, 3.63) is 39.4 Å². The number of nitro benzene ring substituents is 1. The molecule has 0 unspecified atom stereocenters. The lowest BCUT2D eigenvalue weighted by Gasteiger charge is -2.04. The number of aryl methyl sites for hydroxylation is 1. The molecule has 5 heteroatoms. The summed E-state index contributed by atoms with van der Waals surface area (Å²) in [5.74, 6) is -1.41. The number of aromatic carboxylic acids is 1. The van der Waals surface area contributed by atoms with Crippen LogP contribution in [0.2, 0.25) is 0 Å². The summed E-state index contributed by atoms with van der Waals surface area (Å²) in [5, 5.41) is 21.0. The molecule has 0 bridgehead atoms. The summed E-state index contributed by atoms with van der Waals surface area (Å²) in [7, 11) is 0.